The second-order valence-electron chi connectivity index (χ2n) is 4.96. The number of morpholine rings is 1. The molecule has 21 heavy (non-hydrogen) atoms. The lowest BCUT2D eigenvalue weighted by molar-refractivity contribution is -0.147. The second-order valence-corrected chi connectivity index (χ2v) is 8.31. The third-order valence-electron chi connectivity index (χ3n) is 3.48. The smallest absolute Gasteiger partial charge is 0.328 e. The maximum atomic E-state index is 12.6. The van der Waals surface area contributed by atoms with Crippen molar-refractivity contribution in [2.45, 2.75) is 11.4 Å². The monoisotopic (exact) mass is 338 g/mol. The predicted molar refractivity (Wildman–Crippen MR) is 77.0 cm³/mol. The van der Waals surface area contributed by atoms with Crippen LogP contribution in [0.4, 0.5) is 4.79 Å². The number of ether oxygens (including phenoxy) is 1. The van der Waals surface area contributed by atoms with Gasteiger partial charge < -0.3 is 19.6 Å². The van der Waals surface area contributed by atoms with E-state index < -0.39 is 33.3 Å². The fourth-order valence-corrected chi connectivity index (χ4v) is 5.17. The normalized spacial score (nSPS) is 27.5. The standard InChI is InChI=1S/C11H18N2O6S2/c1-21(17,18)9-7-20-5-3-13(9)11(16)12-2-4-19-6-8(12)10(14)15/h8-9H,2-7H2,1H3,(H,14,15). The lowest BCUT2D eigenvalue weighted by Gasteiger charge is -2.40. The first-order chi connectivity index (χ1) is 9.82. The second kappa shape index (κ2) is 6.41. The molecule has 2 heterocycles. The van der Waals surface area contributed by atoms with Gasteiger partial charge in [0.15, 0.2) is 15.9 Å². The van der Waals surface area contributed by atoms with Crippen molar-refractivity contribution in [3.05, 3.63) is 0 Å². The molecule has 0 bridgehead atoms. The molecule has 2 aliphatic heterocycles. The van der Waals surface area contributed by atoms with Crippen LogP contribution in [0.5, 0.6) is 0 Å². The first kappa shape index (κ1) is 16.4. The molecule has 0 aromatic carbocycles. The van der Waals surface area contributed by atoms with Crippen LogP contribution in [0.1, 0.15) is 0 Å². The number of sulfone groups is 1. The summed E-state index contributed by atoms with van der Waals surface area (Å²) >= 11 is 1.47. The Morgan fingerprint density at radius 2 is 2.00 bits per heavy atom. The van der Waals surface area contributed by atoms with Crippen molar-refractivity contribution in [3.63, 3.8) is 0 Å². The third kappa shape index (κ3) is 3.61. The Kier molecular flexibility index (Phi) is 4.99. The summed E-state index contributed by atoms with van der Waals surface area (Å²) < 4.78 is 28.8. The number of hydrogen-bond donors (Lipinski definition) is 1. The number of thioether (sulfide) groups is 1. The molecule has 2 atom stereocenters. The molecule has 10 heteroatoms. The Labute approximate surface area is 127 Å². The van der Waals surface area contributed by atoms with E-state index in [1.807, 2.05) is 0 Å². The number of aliphatic carboxylic acids is 1. The van der Waals surface area contributed by atoms with Gasteiger partial charge in [-0.3, -0.25) is 0 Å². The van der Waals surface area contributed by atoms with Gasteiger partial charge in [-0.1, -0.05) is 0 Å². The van der Waals surface area contributed by atoms with Gasteiger partial charge in [-0.05, 0) is 0 Å². The number of rotatable bonds is 2. The van der Waals surface area contributed by atoms with E-state index in [2.05, 4.69) is 0 Å². The number of carbonyl (C=O) groups is 2. The minimum atomic E-state index is -3.42. The van der Waals surface area contributed by atoms with Crippen LogP contribution in [0.25, 0.3) is 0 Å². The van der Waals surface area contributed by atoms with Gasteiger partial charge in [-0.25, -0.2) is 18.0 Å². The summed E-state index contributed by atoms with van der Waals surface area (Å²) in [6.07, 6.45) is 1.10. The molecule has 2 fully saturated rings. The molecule has 0 radical (unpaired) electrons. The Hall–Kier alpha value is -1.00. The molecule has 0 spiro atoms. The molecule has 2 unspecified atom stereocenters. The zero-order valence-electron chi connectivity index (χ0n) is 11.6. The molecule has 2 rings (SSSR count). The number of carboxylic acids is 1. The summed E-state index contributed by atoms with van der Waals surface area (Å²) in [5, 5.41) is 8.27. The summed E-state index contributed by atoms with van der Waals surface area (Å²) in [7, 11) is -3.42. The molecule has 2 aliphatic rings. The van der Waals surface area contributed by atoms with Crippen LogP contribution in [0.15, 0.2) is 0 Å². The average molecular weight is 338 g/mol. The van der Waals surface area contributed by atoms with Gasteiger partial charge in [-0.15, -0.1) is 0 Å². The first-order valence-electron chi connectivity index (χ1n) is 6.47. The number of carbonyl (C=O) groups excluding carboxylic acids is 1. The Morgan fingerprint density at radius 1 is 1.29 bits per heavy atom. The van der Waals surface area contributed by atoms with Gasteiger partial charge in [-0.2, -0.15) is 11.8 Å². The summed E-state index contributed by atoms with van der Waals surface area (Å²) in [6, 6.07) is -1.61. The molecule has 1 N–H and O–H groups in total. The van der Waals surface area contributed by atoms with E-state index in [1.165, 1.54) is 21.6 Å². The highest BCUT2D eigenvalue weighted by Gasteiger charge is 2.40. The molecule has 0 aliphatic carbocycles. The largest absolute Gasteiger partial charge is 0.480 e. The summed E-state index contributed by atoms with van der Waals surface area (Å²) in [5.74, 6) is -0.197. The van der Waals surface area contributed by atoms with Crippen molar-refractivity contribution in [3.8, 4) is 0 Å². The first-order valence-corrected chi connectivity index (χ1v) is 9.57. The van der Waals surface area contributed by atoms with Crippen LogP contribution in [0.2, 0.25) is 0 Å². The van der Waals surface area contributed by atoms with Crippen LogP contribution in [0.3, 0.4) is 0 Å². The van der Waals surface area contributed by atoms with E-state index in [0.717, 1.165) is 6.26 Å². The lowest BCUT2D eigenvalue weighted by Crippen LogP contribution is -2.60. The SMILES string of the molecule is CS(=O)(=O)C1CSCCN1C(=O)N1CCOCC1C(=O)O. The van der Waals surface area contributed by atoms with Gasteiger partial charge in [0.2, 0.25) is 0 Å². The molecule has 2 saturated heterocycles. The molecule has 8 nitrogen and oxygen atoms in total. The van der Waals surface area contributed by atoms with Gasteiger partial charge in [0, 0.05) is 30.9 Å². The summed E-state index contributed by atoms with van der Waals surface area (Å²) in [6.45, 7) is 0.621. The predicted octanol–water partition coefficient (Wildman–Crippen LogP) is -0.689. The highest BCUT2D eigenvalue weighted by atomic mass is 32.2. The van der Waals surface area contributed by atoms with Crippen LogP contribution in [0, 0.1) is 0 Å². The summed E-state index contributed by atoms with van der Waals surface area (Å²) in [4.78, 5) is 26.3. The maximum Gasteiger partial charge on any atom is 0.328 e. The molecule has 0 aromatic rings. The van der Waals surface area contributed by atoms with Crippen LogP contribution < -0.4 is 0 Å². The van der Waals surface area contributed by atoms with E-state index >= 15 is 0 Å². The van der Waals surface area contributed by atoms with Crippen LogP contribution in [-0.4, -0.2) is 90.8 Å². The zero-order valence-corrected chi connectivity index (χ0v) is 13.2. The van der Waals surface area contributed by atoms with Crippen molar-refractivity contribution in [1.82, 2.24) is 9.80 Å². The number of hydrogen-bond acceptors (Lipinski definition) is 6. The highest BCUT2D eigenvalue weighted by Crippen LogP contribution is 2.23. The molecular weight excluding hydrogens is 320 g/mol. The van der Waals surface area contributed by atoms with Crippen molar-refractivity contribution in [2.24, 2.45) is 0 Å². The Bertz CT molecular complexity index is 523. The van der Waals surface area contributed by atoms with Crippen molar-refractivity contribution in [2.75, 3.05) is 44.1 Å². The number of urea groups is 1. The fourth-order valence-electron chi connectivity index (χ4n) is 2.36. The molecular formula is C11H18N2O6S2. The molecule has 120 valence electrons. The van der Waals surface area contributed by atoms with E-state index in [0.29, 0.717) is 18.1 Å². The van der Waals surface area contributed by atoms with Gasteiger partial charge in [0.25, 0.3) is 0 Å². The minimum Gasteiger partial charge on any atom is -0.480 e. The van der Waals surface area contributed by atoms with E-state index in [1.54, 1.807) is 0 Å². The Balaban J connectivity index is 2.21. The quantitative estimate of drug-likeness (QED) is 0.711. The van der Waals surface area contributed by atoms with Crippen LogP contribution in [-0.2, 0) is 19.4 Å². The highest BCUT2D eigenvalue weighted by molar-refractivity contribution is 8.00. The minimum absolute atomic E-state index is 0.0762. The van der Waals surface area contributed by atoms with Gasteiger partial charge >= 0.3 is 12.0 Å². The van der Waals surface area contributed by atoms with Crippen molar-refractivity contribution in [1.29, 1.82) is 0 Å². The fraction of sp³-hybridized carbons (Fsp3) is 0.818. The van der Waals surface area contributed by atoms with E-state index in [9.17, 15) is 18.0 Å². The summed E-state index contributed by atoms with van der Waals surface area (Å²) in [5.41, 5.74) is 0. The number of amides is 2. The van der Waals surface area contributed by atoms with Crippen molar-refractivity contribution < 1.29 is 27.9 Å². The lowest BCUT2D eigenvalue weighted by atomic mass is 10.2. The van der Waals surface area contributed by atoms with E-state index in [-0.39, 0.29) is 19.8 Å². The number of carboxylic acid groups (broad SMARTS) is 1. The Morgan fingerprint density at radius 3 is 2.62 bits per heavy atom. The van der Waals surface area contributed by atoms with Gasteiger partial charge in [0.05, 0.1) is 13.2 Å². The molecule has 0 aromatic heterocycles. The third-order valence-corrected chi connectivity index (χ3v) is 6.13. The zero-order chi connectivity index (χ0) is 15.6. The molecule has 2 amide bonds. The topological polar surface area (TPSA) is 104 Å². The maximum absolute atomic E-state index is 12.6. The number of nitrogens with zero attached hydrogens (tertiary/aromatic N) is 2. The van der Waals surface area contributed by atoms with Gasteiger partial charge in [0.1, 0.15) is 5.37 Å². The molecule has 0 saturated carbocycles. The van der Waals surface area contributed by atoms with E-state index in [4.69, 9.17) is 9.84 Å². The average Bonchev–Trinajstić information content (AvgIpc) is 2.45. The van der Waals surface area contributed by atoms with Crippen LogP contribution >= 0.6 is 11.8 Å². The van der Waals surface area contributed by atoms with Crippen molar-refractivity contribution >= 4 is 33.6 Å².